The lowest BCUT2D eigenvalue weighted by molar-refractivity contribution is -0.140. The van der Waals surface area contributed by atoms with Gasteiger partial charge in [0.05, 0.1) is 18.7 Å². The van der Waals surface area contributed by atoms with Crippen molar-refractivity contribution in [2.45, 2.75) is 25.1 Å². The van der Waals surface area contributed by atoms with Gasteiger partial charge in [-0.05, 0) is 61.8 Å². The number of amides is 1. The van der Waals surface area contributed by atoms with E-state index in [0.717, 1.165) is 37.6 Å². The number of rotatable bonds is 6. The van der Waals surface area contributed by atoms with Crippen molar-refractivity contribution in [1.29, 1.82) is 0 Å². The molecule has 1 unspecified atom stereocenters. The van der Waals surface area contributed by atoms with Gasteiger partial charge in [-0.2, -0.15) is 13.2 Å². The minimum atomic E-state index is -4.86. The standard InChI is InChI=1S/C21H22F4N2O2/c1-29-16-6-4-5-14(11-16)19(27-9-2-3-10-27)13-26-20(28)15-7-8-18(22)17(12-15)21(23,24)25/h4-8,11-12,19H,2-3,9-10,13H2,1H3,(H,26,28). The highest BCUT2D eigenvalue weighted by atomic mass is 19.4. The van der Waals surface area contributed by atoms with E-state index in [1.54, 1.807) is 7.11 Å². The van der Waals surface area contributed by atoms with E-state index in [9.17, 15) is 22.4 Å². The molecule has 1 fully saturated rings. The second kappa shape index (κ2) is 8.82. The molecular weight excluding hydrogens is 388 g/mol. The van der Waals surface area contributed by atoms with Gasteiger partial charge in [0.1, 0.15) is 11.6 Å². The lowest BCUT2D eigenvalue weighted by atomic mass is 10.0. The molecular formula is C21H22F4N2O2. The van der Waals surface area contributed by atoms with Gasteiger partial charge in [-0.15, -0.1) is 0 Å². The van der Waals surface area contributed by atoms with Crippen molar-refractivity contribution >= 4 is 5.91 Å². The van der Waals surface area contributed by atoms with Crippen LogP contribution < -0.4 is 10.1 Å². The number of hydrogen-bond acceptors (Lipinski definition) is 3. The van der Waals surface area contributed by atoms with Crippen LogP contribution in [0.3, 0.4) is 0 Å². The number of hydrogen-bond donors (Lipinski definition) is 1. The Morgan fingerprint density at radius 1 is 1.17 bits per heavy atom. The van der Waals surface area contributed by atoms with Crippen molar-refractivity contribution in [2.24, 2.45) is 0 Å². The summed E-state index contributed by atoms with van der Waals surface area (Å²) in [6.07, 6.45) is -2.78. The number of ether oxygens (including phenoxy) is 1. The predicted molar refractivity (Wildman–Crippen MR) is 100 cm³/mol. The number of methoxy groups -OCH3 is 1. The highest BCUT2D eigenvalue weighted by Crippen LogP contribution is 2.32. The second-order valence-corrected chi connectivity index (χ2v) is 6.94. The van der Waals surface area contributed by atoms with Gasteiger partial charge in [-0.25, -0.2) is 4.39 Å². The highest BCUT2D eigenvalue weighted by Gasteiger charge is 2.34. The average molecular weight is 410 g/mol. The van der Waals surface area contributed by atoms with Crippen LogP contribution in [0.25, 0.3) is 0 Å². The first-order valence-corrected chi connectivity index (χ1v) is 9.32. The van der Waals surface area contributed by atoms with E-state index in [1.807, 2.05) is 24.3 Å². The van der Waals surface area contributed by atoms with Crippen LogP contribution >= 0.6 is 0 Å². The molecule has 0 spiro atoms. The molecule has 0 bridgehead atoms. The molecule has 2 aromatic carbocycles. The number of likely N-dealkylation sites (tertiary alicyclic amines) is 1. The molecule has 1 amide bonds. The molecule has 0 saturated carbocycles. The van der Waals surface area contributed by atoms with Crippen molar-refractivity contribution in [3.05, 3.63) is 65.0 Å². The third-order valence-electron chi connectivity index (χ3n) is 5.05. The molecule has 29 heavy (non-hydrogen) atoms. The zero-order valence-electron chi connectivity index (χ0n) is 15.9. The lowest BCUT2D eigenvalue weighted by Gasteiger charge is -2.28. The van der Waals surface area contributed by atoms with Crippen molar-refractivity contribution < 1.29 is 27.1 Å². The summed E-state index contributed by atoms with van der Waals surface area (Å²) >= 11 is 0. The van der Waals surface area contributed by atoms with Crippen LogP contribution in [-0.4, -0.2) is 37.6 Å². The van der Waals surface area contributed by atoms with Gasteiger partial charge in [-0.3, -0.25) is 9.69 Å². The van der Waals surface area contributed by atoms with Crippen molar-refractivity contribution in [1.82, 2.24) is 10.2 Å². The van der Waals surface area contributed by atoms with E-state index in [2.05, 4.69) is 10.2 Å². The summed E-state index contributed by atoms with van der Waals surface area (Å²) in [7, 11) is 1.57. The first-order chi connectivity index (χ1) is 13.8. The zero-order valence-corrected chi connectivity index (χ0v) is 15.9. The highest BCUT2D eigenvalue weighted by molar-refractivity contribution is 5.94. The summed E-state index contributed by atoms with van der Waals surface area (Å²) in [5.41, 5.74) is -0.736. The van der Waals surface area contributed by atoms with Crippen LogP contribution in [0.5, 0.6) is 5.75 Å². The molecule has 8 heteroatoms. The number of halogens is 4. The average Bonchev–Trinajstić information content (AvgIpc) is 3.22. The van der Waals surface area contributed by atoms with Gasteiger partial charge >= 0.3 is 6.18 Å². The second-order valence-electron chi connectivity index (χ2n) is 6.94. The van der Waals surface area contributed by atoms with Gasteiger partial charge in [-0.1, -0.05) is 12.1 Å². The zero-order chi connectivity index (χ0) is 21.0. The van der Waals surface area contributed by atoms with Crippen molar-refractivity contribution in [3.63, 3.8) is 0 Å². The predicted octanol–water partition coefficient (Wildman–Crippen LogP) is 4.42. The number of carbonyl (C=O) groups excluding carboxylic acids is 1. The van der Waals surface area contributed by atoms with Gasteiger partial charge in [0.15, 0.2) is 0 Å². The Hall–Kier alpha value is -2.61. The number of nitrogens with zero attached hydrogens (tertiary/aromatic N) is 1. The maximum absolute atomic E-state index is 13.5. The molecule has 2 aromatic rings. The Balaban J connectivity index is 1.78. The van der Waals surface area contributed by atoms with Crippen LogP contribution in [0.15, 0.2) is 42.5 Å². The number of nitrogens with one attached hydrogen (secondary N) is 1. The van der Waals surface area contributed by atoms with Crippen LogP contribution in [0.2, 0.25) is 0 Å². The van der Waals surface area contributed by atoms with Gasteiger partial charge in [0.25, 0.3) is 5.91 Å². The van der Waals surface area contributed by atoms with Crippen molar-refractivity contribution in [2.75, 3.05) is 26.7 Å². The van der Waals surface area contributed by atoms with Gasteiger partial charge in [0.2, 0.25) is 0 Å². The monoisotopic (exact) mass is 410 g/mol. The summed E-state index contributed by atoms with van der Waals surface area (Å²) in [5, 5.41) is 2.70. The van der Waals surface area contributed by atoms with Gasteiger partial charge < -0.3 is 10.1 Å². The maximum atomic E-state index is 13.5. The normalized spacial score (nSPS) is 15.9. The van der Waals surface area contributed by atoms with Crippen molar-refractivity contribution in [3.8, 4) is 5.75 Å². The number of alkyl halides is 3. The summed E-state index contributed by atoms with van der Waals surface area (Å²) in [5.74, 6) is -1.39. The molecule has 4 nitrogen and oxygen atoms in total. The minimum Gasteiger partial charge on any atom is -0.497 e. The quantitative estimate of drug-likeness (QED) is 0.717. The van der Waals surface area contributed by atoms with Crippen LogP contribution in [0.4, 0.5) is 17.6 Å². The Bertz CT molecular complexity index is 864. The Morgan fingerprint density at radius 2 is 1.90 bits per heavy atom. The van der Waals surface area contributed by atoms with E-state index in [0.29, 0.717) is 17.9 Å². The molecule has 1 atom stereocenters. The molecule has 0 radical (unpaired) electrons. The molecule has 1 aliphatic heterocycles. The van der Waals surface area contributed by atoms with E-state index in [-0.39, 0.29) is 18.2 Å². The maximum Gasteiger partial charge on any atom is 0.419 e. The first kappa shape index (κ1) is 21.1. The SMILES string of the molecule is COc1cccc(C(CNC(=O)c2ccc(F)c(C(F)(F)F)c2)N2CCCC2)c1. The molecule has 1 N–H and O–H groups in total. The van der Waals surface area contributed by atoms with Crippen LogP contribution in [-0.2, 0) is 6.18 Å². The summed E-state index contributed by atoms with van der Waals surface area (Å²) < 4.78 is 57.5. The molecule has 1 heterocycles. The largest absolute Gasteiger partial charge is 0.497 e. The summed E-state index contributed by atoms with van der Waals surface area (Å²) in [6, 6.07) is 9.61. The Morgan fingerprint density at radius 3 is 2.55 bits per heavy atom. The third kappa shape index (κ3) is 5.06. The fraction of sp³-hybridized carbons (Fsp3) is 0.381. The van der Waals surface area contributed by atoms with Gasteiger partial charge in [0, 0.05) is 12.1 Å². The lowest BCUT2D eigenvalue weighted by Crippen LogP contribution is -2.37. The Kier molecular flexibility index (Phi) is 6.42. The van der Waals surface area contributed by atoms with E-state index in [1.165, 1.54) is 0 Å². The smallest absolute Gasteiger partial charge is 0.419 e. The minimum absolute atomic E-state index is 0.140. The summed E-state index contributed by atoms with van der Waals surface area (Å²) in [4.78, 5) is 14.7. The number of carbonyl (C=O) groups is 1. The first-order valence-electron chi connectivity index (χ1n) is 9.32. The topological polar surface area (TPSA) is 41.6 Å². The van der Waals surface area contributed by atoms with E-state index >= 15 is 0 Å². The molecule has 1 aliphatic rings. The molecule has 0 aromatic heterocycles. The Labute approximate surface area is 166 Å². The summed E-state index contributed by atoms with van der Waals surface area (Å²) in [6.45, 7) is 1.95. The molecule has 0 aliphatic carbocycles. The third-order valence-corrected chi connectivity index (χ3v) is 5.05. The van der Waals surface area contributed by atoms with E-state index in [4.69, 9.17) is 4.74 Å². The molecule has 1 saturated heterocycles. The molecule has 3 rings (SSSR count). The fourth-order valence-electron chi connectivity index (χ4n) is 3.54. The van der Waals surface area contributed by atoms with Crippen LogP contribution in [0, 0.1) is 5.82 Å². The fourth-order valence-corrected chi connectivity index (χ4v) is 3.54. The van der Waals surface area contributed by atoms with Crippen LogP contribution in [0.1, 0.15) is 40.4 Å². The molecule has 156 valence electrons. The van der Waals surface area contributed by atoms with E-state index < -0.39 is 23.5 Å². The number of benzene rings is 2.